The van der Waals surface area contributed by atoms with Crippen molar-refractivity contribution >= 4 is 0 Å². The Labute approximate surface area is 83.9 Å². The van der Waals surface area contributed by atoms with Crippen molar-refractivity contribution in [2.24, 2.45) is 5.92 Å². The largest absolute Gasteiger partial charge is 0.382 e. The summed E-state index contributed by atoms with van der Waals surface area (Å²) in [5, 5.41) is 0. The summed E-state index contributed by atoms with van der Waals surface area (Å²) in [5.41, 5.74) is 0. The average Bonchev–Trinajstić information content (AvgIpc) is 2.09. The Balaban J connectivity index is 2.84. The molecule has 0 N–H and O–H groups in total. The molecular weight excluding hydrogens is 160 g/mol. The molecule has 0 rings (SSSR count). The van der Waals surface area contributed by atoms with Crippen LogP contribution in [-0.2, 0) is 4.74 Å². The Bertz CT molecular complexity index is 89.1. The summed E-state index contributed by atoms with van der Waals surface area (Å²) in [4.78, 5) is 0. The first-order chi connectivity index (χ1) is 6.27. The maximum Gasteiger partial charge on any atom is 0.0465 e. The van der Waals surface area contributed by atoms with E-state index in [0.717, 1.165) is 19.1 Å². The molecule has 0 aromatic rings. The van der Waals surface area contributed by atoms with Gasteiger partial charge in [-0.1, -0.05) is 46.0 Å². The number of hydrogen-bond donors (Lipinski definition) is 0. The Morgan fingerprint density at radius 2 is 1.54 bits per heavy atom. The monoisotopic (exact) mass is 186 g/mol. The van der Waals surface area contributed by atoms with Crippen LogP contribution in [0.5, 0.6) is 0 Å². The van der Waals surface area contributed by atoms with Crippen molar-refractivity contribution in [3.63, 3.8) is 0 Å². The highest BCUT2D eigenvalue weighted by atomic mass is 16.5. The Hall–Kier alpha value is -0.0400. The van der Waals surface area contributed by atoms with Gasteiger partial charge in [0.05, 0.1) is 0 Å². The van der Waals surface area contributed by atoms with Crippen LogP contribution in [-0.4, -0.2) is 13.2 Å². The molecule has 0 aliphatic heterocycles. The molecule has 0 amide bonds. The molecule has 0 unspecified atom stereocenters. The summed E-state index contributed by atoms with van der Waals surface area (Å²) < 4.78 is 5.28. The fraction of sp³-hybridized carbons (Fsp3) is 1.00. The molecule has 0 aromatic heterocycles. The standard InChI is InChI=1S/C12H26O/c1-4-13-11-9-7-5-6-8-10-12(2)3/h12H,4-11H2,1-3H3. The lowest BCUT2D eigenvalue weighted by atomic mass is 10.0. The maximum absolute atomic E-state index is 5.28. The molecule has 0 aliphatic rings. The smallest absolute Gasteiger partial charge is 0.0465 e. The summed E-state index contributed by atoms with van der Waals surface area (Å²) in [7, 11) is 0. The van der Waals surface area contributed by atoms with E-state index in [4.69, 9.17) is 4.74 Å². The molecule has 0 fully saturated rings. The molecule has 0 heterocycles. The predicted octanol–water partition coefficient (Wildman–Crippen LogP) is 4.02. The topological polar surface area (TPSA) is 9.23 Å². The van der Waals surface area contributed by atoms with Crippen LogP contribution in [0.1, 0.15) is 59.3 Å². The molecule has 0 spiro atoms. The van der Waals surface area contributed by atoms with Crippen LogP contribution in [0.15, 0.2) is 0 Å². The van der Waals surface area contributed by atoms with Gasteiger partial charge in [-0.25, -0.2) is 0 Å². The van der Waals surface area contributed by atoms with Crippen molar-refractivity contribution in [1.29, 1.82) is 0 Å². The molecule has 1 heteroatoms. The van der Waals surface area contributed by atoms with Gasteiger partial charge in [-0.15, -0.1) is 0 Å². The first-order valence-electron chi connectivity index (χ1n) is 5.85. The van der Waals surface area contributed by atoms with Crippen molar-refractivity contribution in [1.82, 2.24) is 0 Å². The van der Waals surface area contributed by atoms with E-state index in [1.807, 2.05) is 0 Å². The third kappa shape index (κ3) is 12.0. The van der Waals surface area contributed by atoms with Crippen LogP contribution in [0, 0.1) is 5.92 Å². The molecular formula is C12H26O. The third-order valence-corrected chi connectivity index (χ3v) is 2.27. The van der Waals surface area contributed by atoms with E-state index in [0.29, 0.717) is 0 Å². The van der Waals surface area contributed by atoms with E-state index in [1.165, 1.54) is 38.5 Å². The zero-order valence-electron chi connectivity index (χ0n) is 9.64. The number of unbranched alkanes of at least 4 members (excludes halogenated alkanes) is 4. The lowest BCUT2D eigenvalue weighted by molar-refractivity contribution is 0.143. The highest BCUT2D eigenvalue weighted by Gasteiger charge is 1.94. The van der Waals surface area contributed by atoms with Crippen molar-refractivity contribution < 1.29 is 4.74 Å². The van der Waals surface area contributed by atoms with Gasteiger partial charge in [0.15, 0.2) is 0 Å². The molecule has 0 atom stereocenters. The average molecular weight is 186 g/mol. The normalized spacial score (nSPS) is 11.1. The molecule has 0 aromatic carbocycles. The Kier molecular flexibility index (Phi) is 10.0. The fourth-order valence-electron chi connectivity index (χ4n) is 1.43. The maximum atomic E-state index is 5.28. The van der Waals surface area contributed by atoms with E-state index in [1.54, 1.807) is 0 Å². The minimum absolute atomic E-state index is 0.868. The zero-order chi connectivity index (χ0) is 9.94. The molecule has 1 nitrogen and oxygen atoms in total. The predicted molar refractivity (Wildman–Crippen MR) is 59.0 cm³/mol. The minimum atomic E-state index is 0.868. The quantitative estimate of drug-likeness (QED) is 0.494. The molecule has 13 heavy (non-hydrogen) atoms. The molecule has 0 aliphatic carbocycles. The van der Waals surface area contributed by atoms with Crippen LogP contribution in [0.3, 0.4) is 0 Å². The van der Waals surface area contributed by atoms with Crippen LogP contribution >= 0.6 is 0 Å². The van der Waals surface area contributed by atoms with Crippen molar-refractivity contribution in [2.75, 3.05) is 13.2 Å². The van der Waals surface area contributed by atoms with Gasteiger partial charge >= 0.3 is 0 Å². The van der Waals surface area contributed by atoms with Crippen LogP contribution in [0.4, 0.5) is 0 Å². The molecule has 80 valence electrons. The summed E-state index contributed by atoms with van der Waals surface area (Å²) in [6.45, 7) is 8.49. The molecule has 0 bridgehead atoms. The van der Waals surface area contributed by atoms with Gasteiger partial charge in [-0.3, -0.25) is 0 Å². The van der Waals surface area contributed by atoms with Crippen molar-refractivity contribution in [3.05, 3.63) is 0 Å². The van der Waals surface area contributed by atoms with E-state index < -0.39 is 0 Å². The van der Waals surface area contributed by atoms with Crippen LogP contribution in [0.25, 0.3) is 0 Å². The fourth-order valence-corrected chi connectivity index (χ4v) is 1.43. The van der Waals surface area contributed by atoms with Crippen LogP contribution < -0.4 is 0 Å². The van der Waals surface area contributed by atoms with Gasteiger partial charge in [0.25, 0.3) is 0 Å². The van der Waals surface area contributed by atoms with Gasteiger partial charge in [-0.2, -0.15) is 0 Å². The first-order valence-corrected chi connectivity index (χ1v) is 5.85. The Morgan fingerprint density at radius 1 is 0.923 bits per heavy atom. The van der Waals surface area contributed by atoms with E-state index >= 15 is 0 Å². The van der Waals surface area contributed by atoms with Gasteiger partial charge in [0.1, 0.15) is 0 Å². The zero-order valence-corrected chi connectivity index (χ0v) is 9.64. The van der Waals surface area contributed by atoms with E-state index in [2.05, 4.69) is 20.8 Å². The molecule has 0 radical (unpaired) electrons. The second-order valence-corrected chi connectivity index (χ2v) is 4.15. The molecule has 0 saturated carbocycles. The lowest BCUT2D eigenvalue weighted by Crippen LogP contribution is -1.93. The summed E-state index contributed by atoms with van der Waals surface area (Å²) in [6.07, 6.45) is 8.19. The summed E-state index contributed by atoms with van der Waals surface area (Å²) >= 11 is 0. The second kappa shape index (κ2) is 10.0. The minimum Gasteiger partial charge on any atom is -0.382 e. The van der Waals surface area contributed by atoms with Crippen LogP contribution in [0.2, 0.25) is 0 Å². The van der Waals surface area contributed by atoms with Gasteiger partial charge in [0.2, 0.25) is 0 Å². The van der Waals surface area contributed by atoms with Gasteiger partial charge < -0.3 is 4.74 Å². The van der Waals surface area contributed by atoms with E-state index in [9.17, 15) is 0 Å². The number of rotatable bonds is 9. The highest BCUT2D eigenvalue weighted by molar-refractivity contribution is 4.48. The van der Waals surface area contributed by atoms with Gasteiger partial charge in [-0.05, 0) is 19.3 Å². The first kappa shape index (κ1) is 13.0. The van der Waals surface area contributed by atoms with Crippen molar-refractivity contribution in [2.45, 2.75) is 59.3 Å². The number of hydrogen-bond acceptors (Lipinski definition) is 1. The summed E-state index contributed by atoms with van der Waals surface area (Å²) in [5.74, 6) is 0.878. The highest BCUT2D eigenvalue weighted by Crippen LogP contribution is 2.10. The second-order valence-electron chi connectivity index (χ2n) is 4.15. The van der Waals surface area contributed by atoms with Gasteiger partial charge in [0, 0.05) is 13.2 Å². The molecule has 0 saturated heterocycles. The lowest BCUT2D eigenvalue weighted by Gasteiger charge is -2.04. The number of ether oxygens (including phenoxy) is 1. The van der Waals surface area contributed by atoms with Crippen molar-refractivity contribution in [3.8, 4) is 0 Å². The van der Waals surface area contributed by atoms with E-state index in [-0.39, 0.29) is 0 Å². The third-order valence-electron chi connectivity index (χ3n) is 2.27. The SMILES string of the molecule is CCOCCCCCCCC(C)C. The Morgan fingerprint density at radius 3 is 2.15 bits per heavy atom. The summed E-state index contributed by atoms with van der Waals surface area (Å²) in [6, 6.07) is 0.